The number of hydrogen-bond donors (Lipinski definition) is 0. The summed E-state index contributed by atoms with van der Waals surface area (Å²) in [7, 11) is 0. The van der Waals surface area contributed by atoms with Crippen molar-refractivity contribution in [2.45, 2.75) is 19.5 Å². The van der Waals surface area contributed by atoms with Gasteiger partial charge in [0.2, 0.25) is 0 Å². The fourth-order valence-electron chi connectivity index (χ4n) is 3.48. The van der Waals surface area contributed by atoms with Crippen molar-refractivity contribution < 1.29 is 9.18 Å². The van der Waals surface area contributed by atoms with E-state index in [9.17, 15) is 9.18 Å². The van der Waals surface area contributed by atoms with E-state index in [0.717, 1.165) is 15.2 Å². The molecule has 5 rings (SSSR count). The second-order valence-electron chi connectivity index (χ2n) is 6.71. The van der Waals surface area contributed by atoms with Crippen LogP contribution in [0.5, 0.6) is 0 Å². The molecule has 0 saturated carbocycles. The lowest BCUT2D eigenvalue weighted by Gasteiger charge is -2.33. The van der Waals surface area contributed by atoms with Crippen LogP contribution >= 0.6 is 22.9 Å². The fourth-order valence-corrected chi connectivity index (χ4v) is 4.67. The highest BCUT2D eigenvalue weighted by Crippen LogP contribution is 2.33. The summed E-state index contributed by atoms with van der Waals surface area (Å²) < 4.78 is 16.1. The number of carbonyl (C=O) groups is 1. The summed E-state index contributed by atoms with van der Waals surface area (Å²) >= 11 is 7.44. The van der Waals surface area contributed by atoms with Crippen molar-refractivity contribution in [3.05, 3.63) is 58.9 Å². The standard InChI is InChI=1S/C19H14ClFN6OS/c1-10-16-24-25-17(18-23-13-9-22-15(20)8-14(13)29-18)27(16)7-6-26(10)19(28)11-2-4-12(21)5-3-11/h2-5,8-10H,6-7H2,1H3. The predicted molar refractivity (Wildman–Crippen MR) is 107 cm³/mol. The van der Waals surface area contributed by atoms with Crippen molar-refractivity contribution in [2.24, 2.45) is 0 Å². The number of carbonyl (C=O) groups excluding carboxylic acids is 1. The number of hydrogen-bond acceptors (Lipinski definition) is 6. The van der Waals surface area contributed by atoms with Gasteiger partial charge in [-0.1, -0.05) is 11.6 Å². The molecule has 1 aliphatic heterocycles. The second kappa shape index (κ2) is 6.85. The first-order chi connectivity index (χ1) is 14.0. The molecule has 0 saturated heterocycles. The number of benzene rings is 1. The molecule has 0 fully saturated rings. The first-order valence-electron chi connectivity index (χ1n) is 8.93. The maximum absolute atomic E-state index is 13.2. The van der Waals surface area contributed by atoms with E-state index in [1.165, 1.54) is 35.6 Å². The van der Waals surface area contributed by atoms with E-state index in [2.05, 4.69) is 20.2 Å². The molecule has 7 nitrogen and oxygen atoms in total. The minimum Gasteiger partial charge on any atom is -0.327 e. The van der Waals surface area contributed by atoms with Crippen LogP contribution < -0.4 is 0 Å². The van der Waals surface area contributed by atoms with Crippen molar-refractivity contribution in [1.82, 2.24) is 29.6 Å². The van der Waals surface area contributed by atoms with Crippen LogP contribution in [0.2, 0.25) is 5.15 Å². The van der Waals surface area contributed by atoms with E-state index in [1.54, 1.807) is 17.2 Å². The Morgan fingerprint density at radius 3 is 2.83 bits per heavy atom. The molecule has 0 radical (unpaired) electrons. The Kier molecular flexibility index (Phi) is 4.29. The number of aromatic nitrogens is 5. The molecule has 1 amide bonds. The Hall–Kier alpha value is -2.91. The second-order valence-corrected chi connectivity index (χ2v) is 8.13. The van der Waals surface area contributed by atoms with E-state index in [1.807, 2.05) is 11.5 Å². The third-order valence-electron chi connectivity index (χ3n) is 4.97. The summed E-state index contributed by atoms with van der Waals surface area (Å²) in [5, 5.41) is 9.81. The molecule has 0 N–H and O–H groups in total. The first kappa shape index (κ1) is 18.1. The van der Waals surface area contributed by atoms with Gasteiger partial charge in [-0.05, 0) is 37.3 Å². The average molecular weight is 429 g/mol. The van der Waals surface area contributed by atoms with Gasteiger partial charge in [0.05, 0.1) is 16.9 Å². The van der Waals surface area contributed by atoms with Crippen LogP contribution in [-0.4, -0.2) is 42.1 Å². The molecular formula is C19H14ClFN6OS. The van der Waals surface area contributed by atoms with Gasteiger partial charge in [-0.2, -0.15) is 0 Å². The minimum atomic E-state index is -0.370. The molecule has 3 aromatic heterocycles. The number of pyridine rings is 1. The van der Waals surface area contributed by atoms with Crippen molar-refractivity contribution in [1.29, 1.82) is 0 Å². The van der Waals surface area contributed by atoms with E-state index in [0.29, 0.717) is 35.5 Å². The summed E-state index contributed by atoms with van der Waals surface area (Å²) in [5.41, 5.74) is 1.20. The molecule has 10 heteroatoms. The number of amides is 1. The number of fused-ring (bicyclic) bond motifs is 2. The SMILES string of the molecule is CC1c2nnc(-c3nc4cnc(Cl)cc4s3)n2CCN1C(=O)c1ccc(F)cc1. The topological polar surface area (TPSA) is 76.8 Å². The zero-order valence-electron chi connectivity index (χ0n) is 15.2. The zero-order chi connectivity index (χ0) is 20.1. The Labute approximate surface area is 173 Å². The van der Waals surface area contributed by atoms with Crippen LogP contribution in [0.3, 0.4) is 0 Å². The monoisotopic (exact) mass is 428 g/mol. The maximum atomic E-state index is 13.2. The molecule has 4 heterocycles. The number of halogens is 2. The normalized spacial score (nSPS) is 16.2. The Morgan fingerprint density at radius 2 is 2.03 bits per heavy atom. The quantitative estimate of drug-likeness (QED) is 0.452. The predicted octanol–water partition coefficient (Wildman–Crippen LogP) is 3.96. The highest BCUT2D eigenvalue weighted by Gasteiger charge is 2.32. The van der Waals surface area contributed by atoms with Crippen LogP contribution in [0.4, 0.5) is 4.39 Å². The third-order valence-corrected chi connectivity index (χ3v) is 6.19. The molecule has 1 aliphatic rings. The zero-order valence-corrected chi connectivity index (χ0v) is 16.8. The van der Waals surface area contributed by atoms with Gasteiger partial charge in [0.25, 0.3) is 5.91 Å². The molecular weight excluding hydrogens is 415 g/mol. The number of rotatable bonds is 2. The van der Waals surface area contributed by atoms with Crippen molar-refractivity contribution in [3.8, 4) is 10.8 Å². The van der Waals surface area contributed by atoms with Crippen LogP contribution in [0.25, 0.3) is 21.0 Å². The van der Waals surface area contributed by atoms with Gasteiger partial charge in [0.15, 0.2) is 16.7 Å². The van der Waals surface area contributed by atoms with Crippen LogP contribution in [-0.2, 0) is 6.54 Å². The molecule has 0 bridgehead atoms. The van der Waals surface area contributed by atoms with E-state index < -0.39 is 0 Å². The lowest BCUT2D eigenvalue weighted by molar-refractivity contribution is 0.0638. The Bertz CT molecular complexity index is 1240. The van der Waals surface area contributed by atoms with Crippen LogP contribution in [0.1, 0.15) is 29.1 Å². The third kappa shape index (κ3) is 3.06. The van der Waals surface area contributed by atoms with Crippen molar-refractivity contribution in [3.63, 3.8) is 0 Å². The maximum Gasteiger partial charge on any atom is 0.254 e. The van der Waals surface area contributed by atoms with Crippen LogP contribution in [0, 0.1) is 5.82 Å². The number of nitrogens with zero attached hydrogens (tertiary/aromatic N) is 6. The van der Waals surface area contributed by atoms with Gasteiger partial charge in [-0.25, -0.2) is 14.4 Å². The van der Waals surface area contributed by atoms with Crippen LogP contribution in [0.15, 0.2) is 36.5 Å². The summed E-state index contributed by atoms with van der Waals surface area (Å²) in [6.07, 6.45) is 1.64. The molecule has 0 spiro atoms. The highest BCUT2D eigenvalue weighted by molar-refractivity contribution is 7.21. The summed E-state index contributed by atoms with van der Waals surface area (Å²) in [6.45, 7) is 2.95. The smallest absolute Gasteiger partial charge is 0.254 e. The van der Waals surface area contributed by atoms with E-state index in [-0.39, 0.29) is 17.8 Å². The van der Waals surface area contributed by atoms with Gasteiger partial charge < -0.3 is 9.47 Å². The summed E-state index contributed by atoms with van der Waals surface area (Å²) in [5.74, 6) is 0.828. The summed E-state index contributed by atoms with van der Waals surface area (Å²) in [6, 6.07) is 7.07. The van der Waals surface area contributed by atoms with E-state index in [4.69, 9.17) is 11.6 Å². The summed E-state index contributed by atoms with van der Waals surface area (Å²) in [4.78, 5) is 23.3. The lowest BCUT2D eigenvalue weighted by atomic mass is 10.1. The minimum absolute atomic E-state index is 0.158. The first-order valence-corrected chi connectivity index (χ1v) is 10.1. The van der Waals surface area contributed by atoms with Gasteiger partial charge in [0, 0.05) is 18.7 Å². The lowest BCUT2D eigenvalue weighted by Crippen LogP contribution is -2.41. The van der Waals surface area contributed by atoms with E-state index >= 15 is 0 Å². The van der Waals surface area contributed by atoms with Gasteiger partial charge in [-0.15, -0.1) is 21.5 Å². The highest BCUT2D eigenvalue weighted by atomic mass is 35.5. The Morgan fingerprint density at radius 1 is 1.24 bits per heavy atom. The molecule has 1 atom stereocenters. The molecule has 1 aromatic carbocycles. The Balaban J connectivity index is 1.47. The van der Waals surface area contributed by atoms with Gasteiger partial charge in [-0.3, -0.25) is 4.79 Å². The van der Waals surface area contributed by atoms with Gasteiger partial charge in [0.1, 0.15) is 16.5 Å². The van der Waals surface area contributed by atoms with Crippen molar-refractivity contribution >= 4 is 39.1 Å². The fraction of sp³-hybridized carbons (Fsp3) is 0.211. The molecule has 146 valence electrons. The molecule has 0 aliphatic carbocycles. The number of thiazole rings is 1. The largest absolute Gasteiger partial charge is 0.327 e. The molecule has 4 aromatic rings. The van der Waals surface area contributed by atoms with Gasteiger partial charge >= 0.3 is 0 Å². The van der Waals surface area contributed by atoms with Crippen molar-refractivity contribution in [2.75, 3.05) is 6.54 Å². The average Bonchev–Trinajstić information content (AvgIpc) is 3.32. The molecule has 1 unspecified atom stereocenters. The molecule has 29 heavy (non-hydrogen) atoms.